The van der Waals surface area contributed by atoms with Crippen LogP contribution in [-0.4, -0.2) is 30.4 Å². The Morgan fingerprint density at radius 3 is 1.85 bits per heavy atom. The van der Waals surface area contributed by atoms with Crippen molar-refractivity contribution in [3.05, 3.63) is 143 Å². The zero-order valence-electron chi connectivity index (χ0n) is 21.7. The highest BCUT2D eigenvalue weighted by Crippen LogP contribution is 2.45. The normalized spacial score (nSPS) is 22.0. The van der Waals surface area contributed by atoms with Crippen LogP contribution in [0.5, 0.6) is 0 Å². The second-order valence-electron chi connectivity index (χ2n) is 9.79. The van der Waals surface area contributed by atoms with E-state index >= 15 is 0 Å². The monoisotopic (exact) mass is 536 g/mol. The van der Waals surface area contributed by atoms with Gasteiger partial charge in [-0.2, -0.15) is 0 Å². The first-order valence-corrected chi connectivity index (χ1v) is 14.3. The van der Waals surface area contributed by atoms with Crippen LogP contribution in [0.25, 0.3) is 6.08 Å². The number of hydrogen-bond donors (Lipinski definition) is 0. The Bertz CT molecular complexity index is 1360. The highest BCUT2D eigenvalue weighted by atomic mass is 32.2. The van der Waals surface area contributed by atoms with Gasteiger partial charge in [-0.1, -0.05) is 121 Å². The summed E-state index contributed by atoms with van der Waals surface area (Å²) in [5.74, 6) is 0. The Hall–Kier alpha value is -3.19. The maximum absolute atomic E-state index is 6.73. The van der Waals surface area contributed by atoms with Gasteiger partial charge in [-0.3, -0.25) is 0 Å². The third-order valence-corrected chi connectivity index (χ3v) is 8.21. The quantitative estimate of drug-likeness (QED) is 0.213. The third-order valence-electron chi connectivity index (χ3n) is 6.99. The van der Waals surface area contributed by atoms with Gasteiger partial charge in [-0.05, 0) is 34.4 Å². The van der Waals surface area contributed by atoms with Gasteiger partial charge in [0, 0.05) is 10.5 Å². The average molecular weight is 537 g/mol. The molecule has 2 aliphatic rings. The standard InChI is InChI=1S/C34H32O4S/c1-4-12-25(13-5-1)21-35-24-30-33(37-23-27-16-8-3-9-17-27)32(36-22-26-14-6-2-7-15-26)29-20-28-18-10-11-19-31(28)39-34(29)38-30/h1-20,30,32-34H,21-24H2/t30-,32-,33-,34+/m1/s1. The Morgan fingerprint density at radius 2 is 1.18 bits per heavy atom. The van der Waals surface area contributed by atoms with Crippen molar-refractivity contribution in [3.63, 3.8) is 0 Å². The van der Waals surface area contributed by atoms with Crippen LogP contribution in [-0.2, 0) is 38.8 Å². The van der Waals surface area contributed by atoms with Gasteiger partial charge in [-0.15, -0.1) is 0 Å². The topological polar surface area (TPSA) is 36.9 Å². The number of thioether (sulfide) groups is 1. The molecule has 0 aromatic heterocycles. The summed E-state index contributed by atoms with van der Waals surface area (Å²) in [6, 6.07) is 39.2. The lowest BCUT2D eigenvalue weighted by Gasteiger charge is -2.44. The molecule has 1 fully saturated rings. The summed E-state index contributed by atoms with van der Waals surface area (Å²) in [6.07, 6.45) is 1.32. The fourth-order valence-electron chi connectivity index (χ4n) is 5.00. The highest BCUT2D eigenvalue weighted by molar-refractivity contribution is 8.00. The van der Waals surface area contributed by atoms with Gasteiger partial charge in [0.25, 0.3) is 0 Å². The molecule has 0 bridgehead atoms. The minimum Gasteiger partial charge on any atom is -0.374 e. The number of rotatable bonds is 10. The van der Waals surface area contributed by atoms with E-state index in [4.69, 9.17) is 18.9 Å². The van der Waals surface area contributed by atoms with Crippen LogP contribution in [0.2, 0.25) is 0 Å². The van der Waals surface area contributed by atoms with Crippen LogP contribution < -0.4 is 0 Å². The van der Waals surface area contributed by atoms with E-state index in [1.807, 2.05) is 54.6 Å². The fraction of sp³-hybridized carbons (Fsp3) is 0.235. The molecule has 2 heterocycles. The van der Waals surface area contributed by atoms with Crippen LogP contribution in [0.1, 0.15) is 22.3 Å². The van der Waals surface area contributed by atoms with Gasteiger partial charge in [0.1, 0.15) is 23.7 Å². The molecule has 1 saturated heterocycles. The molecule has 0 N–H and O–H groups in total. The molecule has 0 unspecified atom stereocenters. The molecule has 0 radical (unpaired) electrons. The van der Waals surface area contributed by atoms with E-state index in [9.17, 15) is 0 Å². The molecule has 2 aliphatic heterocycles. The molecule has 198 valence electrons. The number of benzene rings is 4. The van der Waals surface area contributed by atoms with Crippen LogP contribution in [0.15, 0.2) is 126 Å². The summed E-state index contributed by atoms with van der Waals surface area (Å²) < 4.78 is 26.3. The minimum absolute atomic E-state index is 0.164. The smallest absolute Gasteiger partial charge is 0.132 e. The Labute approximate surface area is 234 Å². The molecular weight excluding hydrogens is 504 g/mol. The second kappa shape index (κ2) is 12.8. The maximum Gasteiger partial charge on any atom is 0.132 e. The van der Waals surface area contributed by atoms with Gasteiger partial charge in [0.05, 0.1) is 26.4 Å². The van der Waals surface area contributed by atoms with Crippen molar-refractivity contribution >= 4 is 17.8 Å². The predicted molar refractivity (Wildman–Crippen MR) is 155 cm³/mol. The summed E-state index contributed by atoms with van der Waals surface area (Å²) in [6.45, 7) is 1.89. The van der Waals surface area contributed by atoms with E-state index in [0.717, 1.165) is 22.3 Å². The van der Waals surface area contributed by atoms with Crippen molar-refractivity contribution in [2.75, 3.05) is 6.61 Å². The Balaban J connectivity index is 1.29. The highest BCUT2D eigenvalue weighted by Gasteiger charge is 2.45. The zero-order chi connectivity index (χ0) is 26.3. The molecule has 0 amide bonds. The summed E-state index contributed by atoms with van der Waals surface area (Å²) >= 11 is 1.73. The molecule has 39 heavy (non-hydrogen) atoms. The SMILES string of the molecule is C1=C2[C@@H](OCc3ccccc3)[C@H](OCc3ccccc3)[C@@H](COCc3ccccc3)O[C@H]2Sc2ccccc21. The largest absolute Gasteiger partial charge is 0.374 e. The first-order valence-electron chi connectivity index (χ1n) is 13.4. The zero-order valence-corrected chi connectivity index (χ0v) is 22.5. The molecule has 5 heteroatoms. The summed E-state index contributed by atoms with van der Waals surface area (Å²) in [5, 5.41) is 0. The van der Waals surface area contributed by atoms with Crippen LogP contribution in [0, 0.1) is 0 Å². The van der Waals surface area contributed by atoms with Crippen molar-refractivity contribution in [1.82, 2.24) is 0 Å². The van der Waals surface area contributed by atoms with Crippen LogP contribution in [0.4, 0.5) is 0 Å². The number of fused-ring (bicyclic) bond motifs is 2. The lowest BCUT2D eigenvalue weighted by atomic mass is 9.94. The molecule has 4 nitrogen and oxygen atoms in total. The van der Waals surface area contributed by atoms with Crippen molar-refractivity contribution in [2.45, 2.75) is 48.5 Å². The Kier molecular flexibility index (Phi) is 8.53. The van der Waals surface area contributed by atoms with Gasteiger partial charge in [0.15, 0.2) is 0 Å². The summed E-state index contributed by atoms with van der Waals surface area (Å²) in [4.78, 5) is 1.21. The van der Waals surface area contributed by atoms with E-state index in [1.54, 1.807) is 11.8 Å². The third kappa shape index (κ3) is 6.52. The molecule has 0 spiro atoms. The lowest BCUT2D eigenvalue weighted by molar-refractivity contribution is -0.181. The average Bonchev–Trinajstić information content (AvgIpc) is 3.00. The first kappa shape index (κ1) is 26.1. The van der Waals surface area contributed by atoms with Crippen LogP contribution >= 0.6 is 11.8 Å². The van der Waals surface area contributed by atoms with Crippen LogP contribution in [0.3, 0.4) is 0 Å². The van der Waals surface area contributed by atoms with Gasteiger partial charge < -0.3 is 18.9 Å². The molecule has 4 atom stereocenters. The van der Waals surface area contributed by atoms with E-state index in [1.165, 1.54) is 10.5 Å². The molecule has 4 aromatic rings. The summed E-state index contributed by atoms with van der Waals surface area (Å²) in [7, 11) is 0. The predicted octanol–water partition coefficient (Wildman–Crippen LogP) is 7.29. The maximum atomic E-state index is 6.73. The van der Waals surface area contributed by atoms with E-state index in [2.05, 4.69) is 66.7 Å². The summed E-state index contributed by atoms with van der Waals surface area (Å²) in [5.41, 5.74) is 5.50. The van der Waals surface area contributed by atoms with E-state index < -0.39 is 0 Å². The number of ether oxygens (including phenoxy) is 4. The molecule has 0 aliphatic carbocycles. The Morgan fingerprint density at radius 1 is 0.615 bits per heavy atom. The van der Waals surface area contributed by atoms with Gasteiger partial charge in [-0.25, -0.2) is 0 Å². The van der Waals surface area contributed by atoms with Crippen molar-refractivity contribution in [1.29, 1.82) is 0 Å². The lowest BCUT2D eigenvalue weighted by Crippen LogP contribution is -2.53. The van der Waals surface area contributed by atoms with E-state index in [0.29, 0.717) is 26.4 Å². The molecule has 6 rings (SSSR count). The molecule has 0 saturated carbocycles. The van der Waals surface area contributed by atoms with Crippen molar-refractivity contribution < 1.29 is 18.9 Å². The minimum atomic E-state index is -0.335. The van der Waals surface area contributed by atoms with Gasteiger partial charge >= 0.3 is 0 Å². The van der Waals surface area contributed by atoms with Crippen molar-refractivity contribution in [2.24, 2.45) is 0 Å². The molecular formula is C34H32O4S. The fourth-order valence-corrected chi connectivity index (χ4v) is 6.18. The second-order valence-corrected chi connectivity index (χ2v) is 10.9. The molecule has 4 aromatic carbocycles. The first-order chi connectivity index (χ1) is 19.3. The van der Waals surface area contributed by atoms with Crippen molar-refractivity contribution in [3.8, 4) is 0 Å². The van der Waals surface area contributed by atoms with Gasteiger partial charge in [0.2, 0.25) is 0 Å². The number of hydrogen-bond acceptors (Lipinski definition) is 5. The van der Waals surface area contributed by atoms with E-state index in [-0.39, 0.29) is 23.7 Å².